The molecule has 9 rings (SSSR count). The van der Waals surface area contributed by atoms with Gasteiger partial charge in [0.05, 0.1) is 94.2 Å². The van der Waals surface area contributed by atoms with Gasteiger partial charge in [0.25, 0.3) is 30.4 Å². The zero-order valence-electron chi connectivity index (χ0n) is 52.8. The van der Waals surface area contributed by atoms with Crippen LogP contribution in [0.2, 0.25) is 0 Å². The van der Waals surface area contributed by atoms with Crippen molar-refractivity contribution >= 4 is 80.8 Å². The number of carbonyl (C=O) groups is 3. The summed E-state index contributed by atoms with van der Waals surface area (Å²) in [5, 5.41) is 2.86. The molecule has 0 saturated carbocycles. The molecule has 0 bridgehead atoms. The fourth-order valence-electron chi connectivity index (χ4n) is 13.3. The summed E-state index contributed by atoms with van der Waals surface area (Å²) in [5.74, 6) is 2.01. The van der Waals surface area contributed by atoms with Crippen LogP contribution in [0.15, 0.2) is 54.6 Å². The van der Waals surface area contributed by atoms with Crippen molar-refractivity contribution in [3.8, 4) is 17.2 Å². The SMILES string of the molecule is C.CCN(CC)C(=O)C1CCCc2c1c1c(OC)cccc1n2CCOS(C)(=O)=O.CCN(CC)C(=O)C1CCCc2c1c1c(OC)cccc1n2CCOS(C)(=O)=O.CCN(CC)C(=O)[C@H]1CCCc2c1c1c(OC)cccc1n2CCOS(C)(=O)=O. The molecule has 0 saturated heterocycles. The predicted octanol–water partition coefficient (Wildman–Crippen LogP) is 9.38. The van der Waals surface area contributed by atoms with Crippen LogP contribution in [0.4, 0.5) is 0 Å². The number of hydrogen-bond donors (Lipinski definition) is 0. The second kappa shape index (κ2) is 31.0. The molecule has 21 nitrogen and oxygen atoms in total. The highest BCUT2D eigenvalue weighted by Crippen LogP contribution is 2.47. The van der Waals surface area contributed by atoms with Crippen LogP contribution in [0.25, 0.3) is 32.7 Å². The second-order valence-electron chi connectivity index (χ2n) is 22.0. The molecule has 3 aliphatic rings. The molecule has 3 aliphatic carbocycles. The Hall–Kier alpha value is -6.18. The Labute approximate surface area is 521 Å². The standard InChI is InChI=1S/3C21H30N2O5S.CH4/c3*1-5-22(6-2)21(24)15-9-7-10-16-19(15)20-17(11-8-12-18(20)27-3)23(16)13-14-28-29(4,25)26;/h3*8,11-12,15H,5-7,9-10,13-14H2,1-4H3;1H4/t15-;;;/m0.../s1. The van der Waals surface area contributed by atoms with Crippen LogP contribution in [0.1, 0.15) is 139 Å². The molecule has 3 aromatic carbocycles. The minimum Gasteiger partial charge on any atom is -0.496 e. The van der Waals surface area contributed by atoms with Gasteiger partial charge in [-0.3, -0.25) is 26.9 Å². The zero-order valence-corrected chi connectivity index (χ0v) is 55.3. The van der Waals surface area contributed by atoms with E-state index in [0.29, 0.717) is 58.9 Å². The molecule has 3 atom stereocenters. The number of benzene rings is 3. The van der Waals surface area contributed by atoms with Crippen LogP contribution in [0, 0.1) is 0 Å². The molecule has 0 fully saturated rings. The third-order valence-electron chi connectivity index (χ3n) is 17.0. The van der Waals surface area contributed by atoms with E-state index in [0.717, 1.165) is 160 Å². The molecule has 88 heavy (non-hydrogen) atoms. The fourth-order valence-corrected chi connectivity index (χ4v) is 14.4. The lowest BCUT2D eigenvalue weighted by Gasteiger charge is -2.29. The van der Waals surface area contributed by atoms with Crippen LogP contribution in [-0.2, 0) is 96.2 Å². The summed E-state index contributed by atoms with van der Waals surface area (Å²) in [6, 6.07) is 17.5. The lowest BCUT2D eigenvalue weighted by atomic mass is 9.84. The quantitative estimate of drug-likeness (QED) is 0.0514. The largest absolute Gasteiger partial charge is 0.496 e. The minimum atomic E-state index is -3.51. The fraction of sp³-hybridized carbons (Fsp3) is 0.578. The van der Waals surface area contributed by atoms with Gasteiger partial charge in [0, 0.05) is 92.1 Å². The van der Waals surface area contributed by atoms with Gasteiger partial charge in [-0.25, -0.2) is 0 Å². The van der Waals surface area contributed by atoms with E-state index < -0.39 is 30.4 Å². The molecule has 2 unspecified atom stereocenters. The molecule has 3 aromatic heterocycles. The summed E-state index contributed by atoms with van der Waals surface area (Å²) in [6.07, 6.45) is 10.8. The summed E-state index contributed by atoms with van der Waals surface area (Å²) in [4.78, 5) is 45.5. The number of hydrogen-bond acceptors (Lipinski definition) is 15. The molecule has 488 valence electrons. The average Bonchev–Trinajstić information content (AvgIpc) is 1.75. The van der Waals surface area contributed by atoms with Crippen LogP contribution < -0.4 is 14.2 Å². The number of nitrogens with zero attached hydrogens (tertiary/aromatic N) is 6. The Kier molecular flexibility index (Phi) is 25.0. The monoisotopic (exact) mass is 1280 g/mol. The number of amides is 3. The highest BCUT2D eigenvalue weighted by molar-refractivity contribution is 7.86. The van der Waals surface area contributed by atoms with Crippen molar-refractivity contribution in [2.75, 3.05) is 99.2 Å². The summed E-state index contributed by atoms with van der Waals surface area (Å²) in [5.41, 5.74) is 9.18. The van der Waals surface area contributed by atoms with Crippen molar-refractivity contribution in [3.05, 3.63) is 88.4 Å². The number of carbonyl (C=O) groups excluding carboxylic acids is 3. The van der Waals surface area contributed by atoms with E-state index in [9.17, 15) is 39.6 Å². The second-order valence-corrected chi connectivity index (χ2v) is 27.0. The highest BCUT2D eigenvalue weighted by atomic mass is 32.2. The smallest absolute Gasteiger partial charge is 0.264 e. The van der Waals surface area contributed by atoms with Crippen molar-refractivity contribution in [2.24, 2.45) is 0 Å². The lowest BCUT2D eigenvalue weighted by molar-refractivity contribution is -0.133. The van der Waals surface area contributed by atoms with E-state index in [1.54, 1.807) is 21.3 Å². The minimum absolute atomic E-state index is 0. The number of methoxy groups -OCH3 is 3. The van der Waals surface area contributed by atoms with Gasteiger partial charge in [-0.2, -0.15) is 25.3 Å². The molecule has 24 heteroatoms. The third-order valence-corrected chi connectivity index (χ3v) is 18.8. The van der Waals surface area contributed by atoms with Crippen molar-refractivity contribution in [2.45, 2.75) is 144 Å². The molecule has 0 radical (unpaired) electrons. The highest BCUT2D eigenvalue weighted by Gasteiger charge is 2.38. The predicted molar refractivity (Wildman–Crippen MR) is 345 cm³/mol. The van der Waals surface area contributed by atoms with Gasteiger partial charge < -0.3 is 42.6 Å². The normalized spacial score (nSPS) is 16.4. The van der Waals surface area contributed by atoms with Crippen molar-refractivity contribution in [3.63, 3.8) is 0 Å². The topological polar surface area (TPSA) is 234 Å². The summed E-state index contributed by atoms with van der Waals surface area (Å²) >= 11 is 0. The van der Waals surface area contributed by atoms with Crippen LogP contribution >= 0.6 is 0 Å². The molecular formula is C64H94N6O15S3. The molecule has 0 spiro atoms. The van der Waals surface area contributed by atoms with E-state index in [4.69, 9.17) is 26.8 Å². The van der Waals surface area contributed by atoms with Gasteiger partial charge in [0.15, 0.2) is 0 Å². The first-order chi connectivity index (χ1) is 41.5. The van der Waals surface area contributed by atoms with Crippen LogP contribution in [-0.4, -0.2) is 171 Å². The Morgan fingerprint density at radius 3 is 0.875 bits per heavy atom. The van der Waals surface area contributed by atoms with Crippen LogP contribution in [0.3, 0.4) is 0 Å². The third kappa shape index (κ3) is 15.9. The van der Waals surface area contributed by atoms with Gasteiger partial charge in [-0.15, -0.1) is 0 Å². The number of rotatable bonds is 24. The van der Waals surface area contributed by atoms with E-state index in [2.05, 4.69) is 13.7 Å². The summed E-state index contributed by atoms with van der Waals surface area (Å²) in [6.45, 7) is 17.4. The summed E-state index contributed by atoms with van der Waals surface area (Å²) < 4.78 is 107. The number of ether oxygens (including phenoxy) is 3. The molecule has 6 aromatic rings. The lowest BCUT2D eigenvalue weighted by Crippen LogP contribution is -2.36. The van der Waals surface area contributed by atoms with Gasteiger partial charge in [-0.1, -0.05) is 25.6 Å². The number of fused-ring (bicyclic) bond motifs is 9. The summed E-state index contributed by atoms with van der Waals surface area (Å²) in [7, 11) is -5.61. The Morgan fingerprint density at radius 2 is 0.670 bits per heavy atom. The van der Waals surface area contributed by atoms with Crippen molar-refractivity contribution in [1.82, 2.24) is 28.4 Å². The Balaban J connectivity index is 0.000000209. The van der Waals surface area contributed by atoms with Crippen molar-refractivity contribution < 1.29 is 66.4 Å². The Bertz CT molecular complexity index is 3360. The molecule has 0 aliphatic heterocycles. The van der Waals surface area contributed by atoms with E-state index >= 15 is 0 Å². The van der Waals surface area contributed by atoms with E-state index in [1.165, 1.54) is 0 Å². The number of aromatic nitrogens is 3. The molecule has 3 heterocycles. The van der Waals surface area contributed by atoms with Gasteiger partial charge in [0.2, 0.25) is 17.7 Å². The van der Waals surface area contributed by atoms with Crippen molar-refractivity contribution in [1.29, 1.82) is 0 Å². The molecular weight excluding hydrogens is 1190 g/mol. The van der Waals surface area contributed by atoms with Gasteiger partial charge in [0.1, 0.15) is 17.2 Å². The van der Waals surface area contributed by atoms with Gasteiger partial charge >= 0.3 is 0 Å². The zero-order chi connectivity index (χ0) is 63.5. The first-order valence-corrected chi connectivity index (χ1v) is 35.8. The first kappa shape index (κ1) is 70.9. The van der Waals surface area contributed by atoms with E-state index in [1.807, 2.05) is 111 Å². The maximum absolute atomic E-state index is 13.3. The molecule has 3 amide bonds. The molecule has 0 N–H and O–H groups in total. The first-order valence-electron chi connectivity index (χ1n) is 30.4. The van der Waals surface area contributed by atoms with E-state index in [-0.39, 0.29) is 62.7 Å². The Morgan fingerprint density at radius 1 is 0.432 bits per heavy atom. The maximum Gasteiger partial charge on any atom is 0.264 e. The number of likely N-dealkylation sites (N-methyl/N-ethyl adjacent to an activating group) is 3. The van der Waals surface area contributed by atoms with Gasteiger partial charge in [-0.05, 0) is 152 Å². The average molecular weight is 1280 g/mol. The maximum atomic E-state index is 13.3. The van der Waals surface area contributed by atoms with Crippen LogP contribution in [0.5, 0.6) is 17.2 Å².